The Hall–Kier alpha value is -0.390. The van der Waals surface area contributed by atoms with Crippen LogP contribution in [-0.4, -0.2) is 19.4 Å². The van der Waals surface area contributed by atoms with E-state index in [9.17, 15) is 8.42 Å². The van der Waals surface area contributed by atoms with Gasteiger partial charge in [0.15, 0.2) is 0 Å². The third-order valence-electron chi connectivity index (χ3n) is 1.17. The van der Waals surface area contributed by atoms with Crippen LogP contribution < -0.4 is 0 Å². The summed E-state index contributed by atoms with van der Waals surface area (Å²) in [5, 5.41) is 7.84. The molecule has 0 aromatic heterocycles. The number of hydrogen-bond donors (Lipinski definition) is 1. The van der Waals surface area contributed by atoms with Crippen molar-refractivity contribution in [1.82, 2.24) is 0 Å². The molecule has 66 valence electrons. The Morgan fingerprint density at radius 3 is 2.55 bits per heavy atom. The molecular weight excluding hydrogens is 168 g/mol. The van der Waals surface area contributed by atoms with Crippen molar-refractivity contribution in [3.05, 3.63) is 12.7 Å². The highest BCUT2D eigenvalue weighted by Gasteiger charge is 2.08. The molecule has 0 saturated carbocycles. The predicted molar refractivity (Wildman–Crippen MR) is 41.5 cm³/mol. The first kappa shape index (κ1) is 10.6. The minimum Gasteiger partial charge on any atom is -0.235 e. The summed E-state index contributed by atoms with van der Waals surface area (Å²) < 4.78 is 24.2. The first-order valence-electron chi connectivity index (χ1n) is 3.29. The predicted octanol–water partition coefficient (Wildman–Crippen LogP) is 1.16. The van der Waals surface area contributed by atoms with Crippen LogP contribution in [0, 0.1) is 0 Å². The average Bonchev–Trinajstić information content (AvgIpc) is 1.99. The van der Waals surface area contributed by atoms with E-state index in [0.717, 1.165) is 12.8 Å². The molecule has 0 aromatic rings. The van der Waals surface area contributed by atoms with E-state index in [1.54, 1.807) is 6.08 Å². The number of rotatable bonds is 6. The van der Waals surface area contributed by atoms with E-state index in [2.05, 4.69) is 10.9 Å². The number of allylic oxidation sites excluding steroid dienone is 1. The molecule has 0 bridgehead atoms. The summed E-state index contributed by atoms with van der Waals surface area (Å²) in [4.78, 5) is 0. The van der Waals surface area contributed by atoms with Crippen LogP contribution in [0.1, 0.15) is 19.3 Å². The molecule has 0 spiro atoms. The normalized spacial score (nSPS) is 11.4. The number of hydrogen-bond acceptors (Lipinski definition) is 4. The Balaban J connectivity index is 3.46. The van der Waals surface area contributed by atoms with E-state index in [4.69, 9.17) is 5.26 Å². The fourth-order valence-corrected chi connectivity index (χ4v) is 1.24. The largest absolute Gasteiger partial charge is 0.293 e. The lowest BCUT2D eigenvalue weighted by Gasteiger charge is -1.96. The quantitative estimate of drug-likeness (QED) is 0.288. The fourth-order valence-electron chi connectivity index (χ4n) is 0.605. The average molecular weight is 180 g/mol. The van der Waals surface area contributed by atoms with E-state index in [1.165, 1.54) is 0 Å². The second kappa shape index (κ2) is 5.29. The van der Waals surface area contributed by atoms with Gasteiger partial charge in [0.05, 0.1) is 5.75 Å². The van der Waals surface area contributed by atoms with E-state index >= 15 is 0 Å². The van der Waals surface area contributed by atoms with Crippen LogP contribution in [-0.2, 0) is 14.5 Å². The lowest BCUT2D eigenvalue weighted by Crippen LogP contribution is -2.07. The van der Waals surface area contributed by atoms with E-state index in [1.807, 2.05) is 0 Å². The van der Waals surface area contributed by atoms with Crippen LogP contribution in [0.2, 0.25) is 0 Å². The molecule has 0 fully saturated rings. The van der Waals surface area contributed by atoms with Crippen LogP contribution in [0.3, 0.4) is 0 Å². The third-order valence-corrected chi connectivity index (χ3v) is 2.18. The molecule has 0 saturated heterocycles. The van der Waals surface area contributed by atoms with Crippen LogP contribution in [0.4, 0.5) is 0 Å². The van der Waals surface area contributed by atoms with Crippen LogP contribution in [0.15, 0.2) is 12.7 Å². The molecule has 0 unspecified atom stereocenters. The van der Waals surface area contributed by atoms with Gasteiger partial charge in [-0.25, -0.2) is 5.26 Å². The van der Waals surface area contributed by atoms with E-state index in [0.29, 0.717) is 6.42 Å². The van der Waals surface area contributed by atoms with Gasteiger partial charge in [0.1, 0.15) is 0 Å². The zero-order chi connectivity index (χ0) is 8.74. The van der Waals surface area contributed by atoms with Gasteiger partial charge in [-0.05, 0) is 19.3 Å². The molecule has 0 aliphatic heterocycles. The molecular formula is C6H12O4S. The van der Waals surface area contributed by atoms with Crippen molar-refractivity contribution in [2.24, 2.45) is 0 Å². The van der Waals surface area contributed by atoms with Gasteiger partial charge >= 0.3 is 0 Å². The van der Waals surface area contributed by atoms with Crippen molar-refractivity contribution in [2.45, 2.75) is 19.3 Å². The lowest BCUT2D eigenvalue weighted by atomic mass is 10.2. The molecule has 0 aliphatic carbocycles. The SMILES string of the molecule is C=CCCCCS(=O)(=O)OO. The molecule has 0 amide bonds. The molecule has 0 aliphatic rings. The minimum atomic E-state index is -3.68. The Bertz CT molecular complexity index is 195. The molecule has 4 nitrogen and oxygen atoms in total. The first-order valence-corrected chi connectivity index (χ1v) is 4.87. The smallest absolute Gasteiger partial charge is 0.235 e. The summed E-state index contributed by atoms with van der Waals surface area (Å²) in [6, 6.07) is 0. The fraction of sp³-hybridized carbons (Fsp3) is 0.667. The van der Waals surface area contributed by atoms with Gasteiger partial charge in [-0.3, -0.25) is 0 Å². The third kappa shape index (κ3) is 6.03. The maximum Gasteiger partial charge on any atom is 0.293 e. The Labute approximate surface area is 66.5 Å². The highest BCUT2D eigenvalue weighted by molar-refractivity contribution is 7.86. The van der Waals surface area contributed by atoms with Crippen molar-refractivity contribution in [3.63, 3.8) is 0 Å². The van der Waals surface area contributed by atoms with E-state index < -0.39 is 10.1 Å². The molecule has 0 rings (SSSR count). The molecule has 0 radical (unpaired) electrons. The highest BCUT2D eigenvalue weighted by atomic mass is 32.2. The molecule has 11 heavy (non-hydrogen) atoms. The maximum atomic E-state index is 10.5. The Morgan fingerprint density at radius 1 is 1.45 bits per heavy atom. The van der Waals surface area contributed by atoms with Crippen molar-refractivity contribution < 1.29 is 18.0 Å². The zero-order valence-corrected chi connectivity index (χ0v) is 7.01. The van der Waals surface area contributed by atoms with Crippen molar-refractivity contribution >= 4 is 10.1 Å². The van der Waals surface area contributed by atoms with Crippen molar-refractivity contribution in [3.8, 4) is 0 Å². The molecule has 0 atom stereocenters. The van der Waals surface area contributed by atoms with Gasteiger partial charge in [-0.2, -0.15) is 8.42 Å². The lowest BCUT2D eigenvalue weighted by molar-refractivity contribution is -0.130. The van der Waals surface area contributed by atoms with Gasteiger partial charge in [0.2, 0.25) is 0 Å². The van der Waals surface area contributed by atoms with Gasteiger partial charge in [-0.1, -0.05) is 6.08 Å². The summed E-state index contributed by atoms with van der Waals surface area (Å²) in [5.74, 6) is -0.142. The van der Waals surface area contributed by atoms with Gasteiger partial charge in [0.25, 0.3) is 10.1 Å². The van der Waals surface area contributed by atoms with Crippen LogP contribution in [0.25, 0.3) is 0 Å². The van der Waals surface area contributed by atoms with Crippen molar-refractivity contribution in [2.75, 3.05) is 5.75 Å². The Kier molecular flexibility index (Phi) is 5.10. The summed E-state index contributed by atoms with van der Waals surface area (Å²) >= 11 is 0. The summed E-state index contributed by atoms with van der Waals surface area (Å²) in [5.41, 5.74) is 0. The van der Waals surface area contributed by atoms with Gasteiger partial charge in [0, 0.05) is 0 Å². The summed E-state index contributed by atoms with van der Waals surface area (Å²) in [6.07, 6.45) is 3.72. The molecule has 5 heteroatoms. The Morgan fingerprint density at radius 2 is 2.09 bits per heavy atom. The standard InChI is InChI=1S/C6H12O4S/c1-2-3-4-5-6-11(8,9)10-7/h2,7H,1,3-6H2. The topological polar surface area (TPSA) is 63.6 Å². The van der Waals surface area contributed by atoms with Gasteiger partial charge in [-0.15, -0.1) is 10.9 Å². The first-order chi connectivity index (χ1) is 5.12. The monoisotopic (exact) mass is 180 g/mol. The minimum absolute atomic E-state index is 0.142. The maximum absolute atomic E-state index is 10.5. The molecule has 1 N–H and O–H groups in total. The zero-order valence-electron chi connectivity index (χ0n) is 6.19. The summed E-state index contributed by atoms with van der Waals surface area (Å²) in [7, 11) is -3.68. The highest BCUT2D eigenvalue weighted by Crippen LogP contribution is 2.00. The second-order valence-corrected chi connectivity index (χ2v) is 3.79. The van der Waals surface area contributed by atoms with Gasteiger partial charge < -0.3 is 0 Å². The number of unbranched alkanes of at least 4 members (excludes halogenated alkanes) is 2. The van der Waals surface area contributed by atoms with E-state index in [-0.39, 0.29) is 5.75 Å². The van der Waals surface area contributed by atoms with Crippen LogP contribution >= 0.6 is 0 Å². The van der Waals surface area contributed by atoms with Crippen molar-refractivity contribution in [1.29, 1.82) is 0 Å². The summed E-state index contributed by atoms with van der Waals surface area (Å²) in [6.45, 7) is 3.48. The molecule has 0 heterocycles. The molecule has 0 aromatic carbocycles. The second-order valence-electron chi connectivity index (χ2n) is 2.12. The van der Waals surface area contributed by atoms with Crippen LogP contribution in [0.5, 0.6) is 0 Å².